The first kappa shape index (κ1) is 16.5. The molecule has 1 aliphatic heterocycles. The normalized spacial score (nSPS) is 24.2. The van der Waals surface area contributed by atoms with Crippen LogP contribution in [0.3, 0.4) is 0 Å². The summed E-state index contributed by atoms with van der Waals surface area (Å²) in [6, 6.07) is 2.93. The fourth-order valence-corrected chi connectivity index (χ4v) is 4.32. The summed E-state index contributed by atoms with van der Waals surface area (Å²) >= 11 is 6.06. The third kappa shape index (κ3) is 3.18. The number of nitrogens with zero attached hydrogens (tertiary/aromatic N) is 1. The molecular weight excluding hydrogens is 312 g/mol. The van der Waals surface area contributed by atoms with Gasteiger partial charge in [-0.1, -0.05) is 18.5 Å². The Kier molecular flexibility index (Phi) is 4.82. The summed E-state index contributed by atoms with van der Waals surface area (Å²) in [6.45, 7) is 4.66. The molecule has 2 N–H and O–H groups in total. The second-order valence-corrected chi connectivity index (χ2v) is 7.87. The van der Waals surface area contributed by atoms with Gasteiger partial charge in [-0.05, 0) is 37.0 Å². The van der Waals surface area contributed by atoms with Crippen LogP contribution >= 0.6 is 11.6 Å². The maximum Gasteiger partial charge on any atom is 0.243 e. The minimum absolute atomic E-state index is 0.0909. The standard InChI is InChI=1S/C14H21ClN2O3S/c1-9-4-5-17(8-14(9)20-3)21(18,19)11-6-12(15)10(2)13(16)7-11/h6-7,9,14H,4-5,8,16H2,1-3H3. The first-order valence-electron chi connectivity index (χ1n) is 6.86. The average Bonchev–Trinajstić information content (AvgIpc) is 2.44. The highest BCUT2D eigenvalue weighted by Gasteiger charge is 2.34. The molecule has 1 saturated heterocycles. The zero-order chi connectivity index (χ0) is 15.8. The van der Waals surface area contributed by atoms with Crippen LogP contribution in [0.5, 0.6) is 0 Å². The average molecular weight is 333 g/mol. The van der Waals surface area contributed by atoms with Crippen molar-refractivity contribution in [2.45, 2.75) is 31.3 Å². The van der Waals surface area contributed by atoms with Gasteiger partial charge < -0.3 is 10.5 Å². The molecule has 1 aromatic rings. The number of hydrogen-bond acceptors (Lipinski definition) is 4. The summed E-state index contributed by atoms with van der Waals surface area (Å²) in [5, 5.41) is 0.363. The predicted molar refractivity (Wildman–Crippen MR) is 83.9 cm³/mol. The van der Waals surface area contributed by atoms with Crippen LogP contribution in [0.1, 0.15) is 18.9 Å². The second-order valence-electron chi connectivity index (χ2n) is 5.52. The van der Waals surface area contributed by atoms with Crippen molar-refractivity contribution in [3.8, 4) is 0 Å². The fraction of sp³-hybridized carbons (Fsp3) is 0.571. The van der Waals surface area contributed by atoms with E-state index < -0.39 is 10.0 Å². The van der Waals surface area contributed by atoms with Gasteiger partial charge in [0.05, 0.1) is 11.0 Å². The molecule has 0 spiro atoms. The zero-order valence-electron chi connectivity index (χ0n) is 12.5. The highest BCUT2D eigenvalue weighted by atomic mass is 35.5. The van der Waals surface area contributed by atoms with Crippen LogP contribution in [0.4, 0.5) is 5.69 Å². The Labute approximate surface area is 131 Å². The molecule has 0 amide bonds. The van der Waals surface area contributed by atoms with Crippen LogP contribution in [0.25, 0.3) is 0 Å². The number of piperidine rings is 1. The molecule has 1 heterocycles. The number of rotatable bonds is 3. The van der Waals surface area contributed by atoms with Gasteiger partial charge in [0.15, 0.2) is 0 Å². The molecule has 1 aromatic carbocycles. The van der Waals surface area contributed by atoms with Crippen LogP contribution in [-0.2, 0) is 14.8 Å². The Hall–Kier alpha value is -0.820. The molecule has 2 rings (SSSR count). The Morgan fingerprint density at radius 2 is 2.10 bits per heavy atom. The monoisotopic (exact) mass is 332 g/mol. The van der Waals surface area contributed by atoms with E-state index in [2.05, 4.69) is 6.92 Å². The van der Waals surface area contributed by atoms with E-state index in [4.69, 9.17) is 22.1 Å². The van der Waals surface area contributed by atoms with Crippen molar-refractivity contribution in [2.24, 2.45) is 5.92 Å². The Morgan fingerprint density at radius 3 is 2.67 bits per heavy atom. The third-order valence-electron chi connectivity index (χ3n) is 4.15. The zero-order valence-corrected chi connectivity index (χ0v) is 14.0. The van der Waals surface area contributed by atoms with Gasteiger partial charge in [-0.3, -0.25) is 0 Å². The second kappa shape index (κ2) is 6.12. The Balaban J connectivity index is 2.34. The van der Waals surface area contributed by atoms with Gasteiger partial charge in [0.2, 0.25) is 10.0 Å². The maximum atomic E-state index is 12.7. The number of hydrogen-bond donors (Lipinski definition) is 1. The first-order valence-corrected chi connectivity index (χ1v) is 8.67. The lowest BCUT2D eigenvalue weighted by Gasteiger charge is -2.35. The van der Waals surface area contributed by atoms with Crippen molar-refractivity contribution >= 4 is 27.3 Å². The van der Waals surface area contributed by atoms with Crippen molar-refractivity contribution in [1.29, 1.82) is 0 Å². The van der Waals surface area contributed by atoms with Crippen LogP contribution < -0.4 is 5.73 Å². The number of benzene rings is 1. The molecule has 1 fully saturated rings. The molecular formula is C14H21ClN2O3S. The van der Waals surface area contributed by atoms with Gasteiger partial charge in [-0.25, -0.2) is 8.42 Å². The molecule has 1 aliphatic rings. The van der Waals surface area contributed by atoms with Crippen molar-refractivity contribution in [3.63, 3.8) is 0 Å². The number of nitrogens with two attached hydrogens (primary N) is 1. The van der Waals surface area contributed by atoms with Crippen LogP contribution in [0, 0.1) is 12.8 Å². The smallest absolute Gasteiger partial charge is 0.243 e. The molecule has 0 aliphatic carbocycles. The summed E-state index contributed by atoms with van der Waals surface area (Å²) in [5.41, 5.74) is 6.91. The lowest BCUT2D eigenvalue weighted by atomic mass is 9.97. The SMILES string of the molecule is COC1CN(S(=O)(=O)c2cc(N)c(C)c(Cl)c2)CCC1C. The van der Waals surface area contributed by atoms with Gasteiger partial charge in [0, 0.05) is 30.9 Å². The van der Waals surface area contributed by atoms with Crippen molar-refractivity contribution in [3.05, 3.63) is 22.7 Å². The largest absolute Gasteiger partial charge is 0.398 e. The number of nitrogen functional groups attached to an aromatic ring is 1. The van der Waals surface area contributed by atoms with Crippen LogP contribution in [0.2, 0.25) is 5.02 Å². The van der Waals surface area contributed by atoms with E-state index in [-0.39, 0.29) is 11.0 Å². The minimum atomic E-state index is -3.60. The molecule has 0 bridgehead atoms. The molecule has 2 atom stereocenters. The van der Waals surface area contributed by atoms with E-state index in [0.29, 0.717) is 35.3 Å². The molecule has 2 unspecified atom stereocenters. The van der Waals surface area contributed by atoms with E-state index >= 15 is 0 Å². The first-order chi connectivity index (χ1) is 9.77. The van der Waals surface area contributed by atoms with E-state index in [1.165, 1.54) is 16.4 Å². The minimum Gasteiger partial charge on any atom is -0.398 e. The molecule has 7 heteroatoms. The van der Waals surface area contributed by atoms with E-state index in [9.17, 15) is 8.42 Å². The summed E-state index contributed by atoms with van der Waals surface area (Å²) in [6.07, 6.45) is 0.680. The summed E-state index contributed by atoms with van der Waals surface area (Å²) < 4.78 is 32.3. The van der Waals surface area contributed by atoms with Gasteiger partial charge in [0.1, 0.15) is 0 Å². The summed E-state index contributed by atoms with van der Waals surface area (Å²) in [5.74, 6) is 0.341. The lowest BCUT2D eigenvalue weighted by Crippen LogP contribution is -2.46. The molecule has 21 heavy (non-hydrogen) atoms. The molecule has 0 radical (unpaired) electrons. The van der Waals surface area contributed by atoms with Crippen molar-refractivity contribution in [1.82, 2.24) is 4.31 Å². The predicted octanol–water partition coefficient (Wildman–Crippen LogP) is 2.28. The highest BCUT2D eigenvalue weighted by molar-refractivity contribution is 7.89. The highest BCUT2D eigenvalue weighted by Crippen LogP contribution is 2.30. The van der Waals surface area contributed by atoms with E-state index in [0.717, 1.165) is 6.42 Å². The number of sulfonamides is 1. The van der Waals surface area contributed by atoms with Crippen LogP contribution in [-0.4, -0.2) is 39.0 Å². The van der Waals surface area contributed by atoms with Gasteiger partial charge in [0.25, 0.3) is 0 Å². The van der Waals surface area contributed by atoms with Gasteiger partial charge in [-0.2, -0.15) is 4.31 Å². The third-order valence-corrected chi connectivity index (χ3v) is 6.39. The quantitative estimate of drug-likeness (QED) is 0.862. The van der Waals surface area contributed by atoms with Gasteiger partial charge in [-0.15, -0.1) is 0 Å². The topological polar surface area (TPSA) is 72.6 Å². The fourth-order valence-electron chi connectivity index (χ4n) is 2.50. The number of halogens is 1. The maximum absolute atomic E-state index is 12.7. The van der Waals surface area contributed by atoms with Crippen molar-refractivity contribution in [2.75, 3.05) is 25.9 Å². The molecule has 118 valence electrons. The summed E-state index contributed by atoms with van der Waals surface area (Å²) in [4.78, 5) is 0.139. The lowest BCUT2D eigenvalue weighted by molar-refractivity contribution is 0.0184. The van der Waals surface area contributed by atoms with Crippen LogP contribution in [0.15, 0.2) is 17.0 Å². The van der Waals surface area contributed by atoms with E-state index in [1.54, 1.807) is 14.0 Å². The van der Waals surface area contributed by atoms with Gasteiger partial charge >= 0.3 is 0 Å². The Morgan fingerprint density at radius 1 is 1.43 bits per heavy atom. The molecule has 0 aromatic heterocycles. The van der Waals surface area contributed by atoms with Crippen molar-refractivity contribution < 1.29 is 13.2 Å². The Bertz CT molecular complexity index is 610. The van der Waals surface area contributed by atoms with E-state index in [1.807, 2.05) is 0 Å². The number of methoxy groups -OCH3 is 1. The number of anilines is 1. The molecule has 5 nitrogen and oxygen atoms in total. The summed E-state index contributed by atoms with van der Waals surface area (Å²) in [7, 11) is -1.99. The number of ether oxygens (including phenoxy) is 1. The molecule has 0 saturated carbocycles.